The van der Waals surface area contributed by atoms with Crippen LogP contribution in [0.25, 0.3) is 27.8 Å². The highest BCUT2D eigenvalue weighted by atomic mass is 16.6. The molecule has 0 spiro atoms. The molecule has 0 radical (unpaired) electrons. The number of pyridine rings is 1. The first-order valence-corrected chi connectivity index (χ1v) is 15.0. The molecule has 9 nitrogen and oxygen atoms in total. The van der Waals surface area contributed by atoms with Crippen molar-refractivity contribution < 1.29 is 19.1 Å². The Bertz CT molecular complexity index is 1740. The third kappa shape index (κ3) is 3.85. The molecule has 1 saturated heterocycles. The molecule has 7 rings (SSSR count). The van der Waals surface area contributed by atoms with Crippen LogP contribution in [0.3, 0.4) is 0 Å². The number of aryl methyl sites for hydroxylation is 1. The van der Waals surface area contributed by atoms with Crippen molar-refractivity contribution >= 4 is 28.4 Å². The summed E-state index contributed by atoms with van der Waals surface area (Å²) in [4.78, 5) is 28.1. The summed E-state index contributed by atoms with van der Waals surface area (Å²) in [5.41, 5.74) is 10.0. The second kappa shape index (κ2) is 9.24. The summed E-state index contributed by atoms with van der Waals surface area (Å²) >= 11 is 0. The smallest absolute Gasteiger partial charge is 0.404 e. The highest BCUT2D eigenvalue weighted by Gasteiger charge is 2.66. The number of carbonyl (C=O) groups excluding carboxylic acids is 2. The van der Waals surface area contributed by atoms with E-state index in [4.69, 9.17) is 20.3 Å². The number of benzene rings is 1. The molecule has 2 unspecified atom stereocenters. The summed E-state index contributed by atoms with van der Waals surface area (Å²) in [6.45, 7) is 9.86. The highest BCUT2D eigenvalue weighted by Crippen LogP contribution is 2.57. The maximum Gasteiger partial charge on any atom is 0.404 e. The van der Waals surface area contributed by atoms with Crippen LogP contribution >= 0.6 is 0 Å². The Morgan fingerprint density at radius 1 is 1.14 bits per heavy atom. The first kappa shape index (κ1) is 26.9. The molecule has 1 aliphatic heterocycles. The Morgan fingerprint density at radius 3 is 2.60 bits per heavy atom. The summed E-state index contributed by atoms with van der Waals surface area (Å²) in [6, 6.07) is 12.5. The molecule has 4 heterocycles. The number of amides is 2. The minimum absolute atomic E-state index is 0.0539. The highest BCUT2D eigenvalue weighted by molar-refractivity contribution is 5.97. The van der Waals surface area contributed by atoms with Crippen LogP contribution in [0.1, 0.15) is 62.4 Å². The lowest BCUT2D eigenvalue weighted by Gasteiger charge is -2.49. The van der Waals surface area contributed by atoms with E-state index in [0.29, 0.717) is 23.8 Å². The van der Waals surface area contributed by atoms with E-state index < -0.39 is 17.7 Å². The van der Waals surface area contributed by atoms with Crippen molar-refractivity contribution in [3.63, 3.8) is 0 Å². The van der Waals surface area contributed by atoms with Crippen LogP contribution < -0.4 is 10.5 Å². The Hall–Kier alpha value is -4.01. The molecule has 4 aromatic rings. The van der Waals surface area contributed by atoms with Gasteiger partial charge in [-0.05, 0) is 62.1 Å². The number of rotatable bonds is 6. The average molecular weight is 570 g/mol. The fourth-order valence-corrected chi connectivity index (χ4v) is 7.87. The first-order chi connectivity index (χ1) is 20.0. The summed E-state index contributed by atoms with van der Waals surface area (Å²) in [5.74, 6) is 1.23. The van der Waals surface area contributed by atoms with Gasteiger partial charge in [-0.15, -0.1) is 0 Å². The molecular formula is C33H39N5O4. The van der Waals surface area contributed by atoms with Gasteiger partial charge in [-0.2, -0.15) is 5.10 Å². The summed E-state index contributed by atoms with van der Waals surface area (Å²) < 4.78 is 15.8. The molecule has 3 aromatic heterocycles. The number of nitrogens with zero attached hydrogens (tertiary/aromatic N) is 4. The molecule has 2 amide bonds. The monoisotopic (exact) mass is 569 g/mol. The lowest BCUT2D eigenvalue weighted by Crippen LogP contribution is -2.60. The number of likely N-dealkylation sites (tertiary alicyclic amines) is 1. The van der Waals surface area contributed by atoms with Crippen molar-refractivity contribution in [1.29, 1.82) is 0 Å². The topological polar surface area (TPSA) is 104 Å². The quantitative estimate of drug-likeness (QED) is 0.316. The van der Waals surface area contributed by atoms with Crippen molar-refractivity contribution in [1.82, 2.24) is 19.1 Å². The number of fused-ring (bicyclic) bond motifs is 4. The molecule has 9 heteroatoms. The Balaban J connectivity index is 1.33. The molecule has 1 aromatic carbocycles. The molecule has 3 fully saturated rings. The van der Waals surface area contributed by atoms with Gasteiger partial charge in [0, 0.05) is 41.7 Å². The van der Waals surface area contributed by atoms with E-state index >= 15 is 0 Å². The zero-order chi connectivity index (χ0) is 29.6. The Morgan fingerprint density at radius 2 is 1.90 bits per heavy atom. The van der Waals surface area contributed by atoms with Gasteiger partial charge in [0.15, 0.2) is 0 Å². The normalized spacial score (nSPS) is 23.7. The van der Waals surface area contributed by atoms with Crippen LogP contribution in [0.5, 0.6) is 5.75 Å². The van der Waals surface area contributed by atoms with Gasteiger partial charge in [0.05, 0.1) is 23.9 Å². The first-order valence-electron chi connectivity index (χ1n) is 15.0. The van der Waals surface area contributed by atoms with Gasteiger partial charge in [0.25, 0.3) is 5.91 Å². The fourth-order valence-electron chi connectivity index (χ4n) is 7.87. The van der Waals surface area contributed by atoms with E-state index in [9.17, 15) is 9.59 Å². The van der Waals surface area contributed by atoms with Crippen LogP contribution in [0.4, 0.5) is 4.79 Å². The number of para-hydroxylation sites is 1. The van der Waals surface area contributed by atoms with Gasteiger partial charge in [-0.25, -0.2) is 9.31 Å². The number of piperidine rings is 1. The number of ether oxygens (including phenoxy) is 2. The second-order valence-electron chi connectivity index (χ2n) is 13.5. The number of carbonyl (C=O) groups is 2. The predicted octanol–water partition coefficient (Wildman–Crippen LogP) is 5.80. The lowest BCUT2D eigenvalue weighted by atomic mass is 9.70. The Labute approximate surface area is 245 Å². The minimum atomic E-state index is -0.795. The second-order valence-corrected chi connectivity index (χ2v) is 13.5. The van der Waals surface area contributed by atoms with Crippen molar-refractivity contribution in [3.8, 4) is 17.1 Å². The van der Waals surface area contributed by atoms with Crippen LogP contribution in [-0.4, -0.2) is 56.4 Å². The van der Waals surface area contributed by atoms with Crippen LogP contribution in [0.15, 0.2) is 42.6 Å². The molecule has 3 aliphatic rings. The molecule has 2 N–H and O–H groups in total. The van der Waals surface area contributed by atoms with Gasteiger partial charge in [-0.3, -0.25) is 4.79 Å². The average Bonchev–Trinajstić information content (AvgIpc) is 3.34. The van der Waals surface area contributed by atoms with Gasteiger partial charge in [0.1, 0.15) is 23.1 Å². The summed E-state index contributed by atoms with van der Waals surface area (Å²) in [6.07, 6.45) is 4.74. The number of hydrogen-bond donors (Lipinski definition) is 1. The van der Waals surface area contributed by atoms with Crippen LogP contribution in [0.2, 0.25) is 0 Å². The summed E-state index contributed by atoms with van der Waals surface area (Å²) in [5, 5.41) is 6.26. The predicted molar refractivity (Wildman–Crippen MR) is 161 cm³/mol. The van der Waals surface area contributed by atoms with Crippen molar-refractivity contribution in [3.05, 3.63) is 53.7 Å². The standard InChI is InChI=1S/C33H39N5O4/c1-19-27(25-14-21-8-6-7-9-24(21)36(25)16-20-10-11-20)35-38-18-23(15-26(41-5)28(19)38)30(39)37-17-22-12-13-33(37,32(2,3)4)29(22)42-31(34)40/h6-9,14-15,18,20,22,29H,10-13,16-17H2,1-5H3,(H2,34,40)/t22?,29-,33?/m1/s1. The molecule has 42 heavy (non-hydrogen) atoms. The number of hydrogen-bond acceptors (Lipinski definition) is 5. The van der Waals surface area contributed by atoms with E-state index in [1.54, 1.807) is 11.6 Å². The number of nitrogens with two attached hydrogens (primary N) is 1. The van der Waals surface area contributed by atoms with Crippen molar-refractivity contribution in [2.24, 2.45) is 23.0 Å². The number of primary amides is 1. The van der Waals surface area contributed by atoms with Crippen molar-refractivity contribution in [2.45, 2.75) is 71.6 Å². The third-order valence-corrected chi connectivity index (χ3v) is 10.1. The molecule has 220 valence electrons. The maximum atomic E-state index is 14.3. The zero-order valence-electron chi connectivity index (χ0n) is 25.0. The fraction of sp³-hybridized carbons (Fsp3) is 0.485. The zero-order valence-corrected chi connectivity index (χ0v) is 25.0. The third-order valence-electron chi connectivity index (χ3n) is 10.1. The number of aromatic nitrogens is 3. The molecule has 2 bridgehead atoms. The molecule has 3 atom stereocenters. The van der Waals surface area contributed by atoms with E-state index in [0.717, 1.165) is 41.9 Å². The lowest BCUT2D eigenvalue weighted by molar-refractivity contribution is -0.0359. The Kier molecular flexibility index (Phi) is 5.91. The van der Waals surface area contributed by atoms with Crippen LogP contribution in [0, 0.1) is 24.2 Å². The van der Waals surface area contributed by atoms with Crippen molar-refractivity contribution in [2.75, 3.05) is 13.7 Å². The SMILES string of the molecule is COc1cc(C(=O)N2CC3CCC2(C(C)(C)C)[C@@H]3OC(N)=O)cn2nc(-c3cc4ccccc4n3CC3CC3)c(C)c12. The van der Waals surface area contributed by atoms with Gasteiger partial charge < -0.3 is 24.7 Å². The van der Waals surface area contributed by atoms with Gasteiger partial charge in [-0.1, -0.05) is 39.0 Å². The van der Waals surface area contributed by atoms with Gasteiger partial charge >= 0.3 is 6.09 Å². The minimum Gasteiger partial charge on any atom is -0.494 e. The van der Waals surface area contributed by atoms with Gasteiger partial charge in [0.2, 0.25) is 0 Å². The number of methoxy groups -OCH3 is 1. The molecule has 2 saturated carbocycles. The van der Waals surface area contributed by atoms with E-state index in [-0.39, 0.29) is 17.2 Å². The largest absolute Gasteiger partial charge is 0.494 e. The van der Waals surface area contributed by atoms with E-state index in [1.165, 1.54) is 23.7 Å². The molecule has 2 aliphatic carbocycles. The van der Waals surface area contributed by atoms with E-state index in [2.05, 4.69) is 62.6 Å². The molecular weight excluding hydrogens is 530 g/mol. The van der Waals surface area contributed by atoms with E-state index in [1.807, 2.05) is 17.2 Å². The van der Waals surface area contributed by atoms with Crippen LogP contribution in [-0.2, 0) is 11.3 Å². The maximum absolute atomic E-state index is 14.3. The summed E-state index contributed by atoms with van der Waals surface area (Å²) in [7, 11) is 1.63.